The van der Waals surface area contributed by atoms with Gasteiger partial charge in [0.2, 0.25) is 23.6 Å². The standard InChI is InChI=1S/C21H25FN4O2.C20H24FN5O2/c1-14(20(27)25-7-3-6-17(25)10-23)11-24-13-18-9-19(24)21(28)26(18)12-15-4-2-5-16(22)8-15;21-14-4-1-3-13(7-14)10-26-16-8-18(20(26)28)24(11-16)12-17(23)19(27)25-6-2-5-15(25)9-22/h2,4-5,8,14,17-19H,3,6-7,9,11-13H2,1H3;1,3-4,7,15-18H,2,5-6,8,10-12,23H2/t14-,17-,18-,19-;15-,16-,17-,18-/m00/s1. The fraction of sp³-hybridized carbons (Fsp3) is 0.561. The molecular formula is C41H49F2N9O4. The van der Waals surface area contributed by atoms with Crippen LogP contribution in [0.1, 0.15) is 56.6 Å². The van der Waals surface area contributed by atoms with Crippen LogP contribution in [0.2, 0.25) is 0 Å². The van der Waals surface area contributed by atoms with Gasteiger partial charge in [-0.2, -0.15) is 10.5 Å². The Labute approximate surface area is 326 Å². The number of hydrogen-bond acceptors (Lipinski definition) is 9. The minimum atomic E-state index is -0.738. The SMILES string of the molecule is C[C@@H](CN1C[C@@H]2C[C@H]1C(=O)N2Cc1cccc(F)c1)C(=O)N1CCC[C@H]1C#N.N#C[C@@H]1CCCN1C(=O)[C@@H](N)CN1C[C@@H]2C[C@H]1C(=O)N2Cc1cccc(F)c1. The second-order valence-corrected chi connectivity index (χ2v) is 16.1. The first-order valence-electron chi connectivity index (χ1n) is 19.7. The molecule has 0 spiro atoms. The molecule has 6 aliphatic rings. The van der Waals surface area contributed by atoms with Gasteiger partial charge in [0.15, 0.2) is 0 Å². The van der Waals surface area contributed by atoms with Crippen molar-refractivity contribution in [2.24, 2.45) is 11.7 Å². The molecule has 8 rings (SSSR count). The van der Waals surface area contributed by atoms with Crippen molar-refractivity contribution < 1.29 is 28.0 Å². The summed E-state index contributed by atoms with van der Waals surface area (Å²) in [5, 5.41) is 18.4. The van der Waals surface area contributed by atoms with Gasteiger partial charge in [-0.15, -0.1) is 0 Å². The molecule has 56 heavy (non-hydrogen) atoms. The predicted molar refractivity (Wildman–Crippen MR) is 199 cm³/mol. The number of benzene rings is 2. The fourth-order valence-corrected chi connectivity index (χ4v) is 9.53. The highest BCUT2D eigenvalue weighted by Crippen LogP contribution is 2.35. The molecule has 4 bridgehead atoms. The molecule has 0 aromatic heterocycles. The number of nitriles is 2. The summed E-state index contributed by atoms with van der Waals surface area (Å²) >= 11 is 0. The van der Waals surface area contributed by atoms with Gasteiger partial charge >= 0.3 is 0 Å². The van der Waals surface area contributed by atoms with Crippen LogP contribution in [0.25, 0.3) is 0 Å². The Morgan fingerprint density at radius 1 is 0.768 bits per heavy atom. The number of rotatable bonds is 10. The molecule has 0 saturated carbocycles. The van der Waals surface area contributed by atoms with Crippen LogP contribution in [0.4, 0.5) is 8.78 Å². The molecule has 6 fully saturated rings. The Morgan fingerprint density at radius 3 is 1.68 bits per heavy atom. The maximum absolute atomic E-state index is 13.4. The highest BCUT2D eigenvalue weighted by molar-refractivity contribution is 5.87. The van der Waals surface area contributed by atoms with E-state index in [2.05, 4.69) is 17.0 Å². The molecule has 296 valence electrons. The summed E-state index contributed by atoms with van der Waals surface area (Å²) in [6, 6.07) is 15.3. The first-order valence-corrected chi connectivity index (χ1v) is 19.7. The van der Waals surface area contributed by atoms with Gasteiger partial charge in [-0.3, -0.25) is 29.0 Å². The van der Waals surface area contributed by atoms with Crippen LogP contribution in [-0.4, -0.2) is 135 Å². The number of hydrogen-bond donors (Lipinski definition) is 1. The minimum Gasteiger partial charge on any atom is -0.333 e. The third-order valence-corrected chi connectivity index (χ3v) is 12.3. The quantitative estimate of drug-likeness (QED) is 0.382. The van der Waals surface area contributed by atoms with Crippen LogP contribution >= 0.6 is 0 Å². The normalized spacial score (nSPS) is 28.0. The van der Waals surface area contributed by atoms with Gasteiger partial charge in [0, 0.05) is 70.4 Å². The van der Waals surface area contributed by atoms with Gasteiger partial charge < -0.3 is 25.3 Å². The van der Waals surface area contributed by atoms with Crippen LogP contribution < -0.4 is 5.73 Å². The van der Waals surface area contributed by atoms with Gasteiger partial charge in [0.25, 0.3) is 0 Å². The van der Waals surface area contributed by atoms with Gasteiger partial charge in [-0.1, -0.05) is 31.2 Å². The van der Waals surface area contributed by atoms with E-state index in [4.69, 9.17) is 5.73 Å². The molecule has 2 aromatic carbocycles. The van der Waals surface area contributed by atoms with Crippen molar-refractivity contribution in [1.29, 1.82) is 10.5 Å². The number of carbonyl (C=O) groups excluding carboxylic acids is 4. The van der Waals surface area contributed by atoms with Crippen molar-refractivity contribution >= 4 is 23.6 Å². The molecule has 13 nitrogen and oxygen atoms in total. The number of amides is 4. The smallest absolute Gasteiger partial charge is 0.241 e. The van der Waals surface area contributed by atoms with E-state index >= 15 is 0 Å². The van der Waals surface area contributed by atoms with E-state index in [9.17, 15) is 38.5 Å². The van der Waals surface area contributed by atoms with Crippen molar-refractivity contribution in [2.75, 3.05) is 39.3 Å². The summed E-state index contributed by atoms with van der Waals surface area (Å²) in [5.74, 6) is -0.962. The summed E-state index contributed by atoms with van der Waals surface area (Å²) in [7, 11) is 0. The lowest BCUT2D eigenvalue weighted by Crippen LogP contribution is -2.56. The van der Waals surface area contributed by atoms with Crippen LogP contribution in [0, 0.1) is 40.2 Å². The first-order chi connectivity index (χ1) is 26.9. The van der Waals surface area contributed by atoms with E-state index in [1.807, 2.05) is 28.9 Å². The Bertz CT molecular complexity index is 1780. The van der Waals surface area contributed by atoms with E-state index in [1.54, 1.807) is 26.8 Å². The summed E-state index contributed by atoms with van der Waals surface area (Å²) in [6.07, 6.45) is 4.60. The maximum Gasteiger partial charge on any atom is 0.241 e. The lowest BCUT2D eigenvalue weighted by molar-refractivity contribution is -0.140. The molecule has 0 aliphatic carbocycles. The Kier molecular flexibility index (Phi) is 11.7. The Balaban J connectivity index is 0.000000172. The van der Waals surface area contributed by atoms with Crippen LogP contribution in [0.5, 0.6) is 0 Å². The zero-order chi connectivity index (χ0) is 39.7. The summed E-state index contributed by atoms with van der Waals surface area (Å²) in [6.45, 7) is 6.18. The third-order valence-electron chi connectivity index (χ3n) is 12.3. The predicted octanol–water partition coefficient (Wildman–Crippen LogP) is 2.21. The van der Waals surface area contributed by atoms with E-state index < -0.39 is 12.1 Å². The number of nitrogens with zero attached hydrogens (tertiary/aromatic N) is 8. The maximum atomic E-state index is 13.4. The van der Waals surface area contributed by atoms with E-state index in [0.717, 1.165) is 43.4 Å². The van der Waals surface area contributed by atoms with E-state index in [-0.39, 0.29) is 71.4 Å². The summed E-state index contributed by atoms with van der Waals surface area (Å²) in [4.78, 5) is 62.0. The highest BCUT2D eigenvalue weighted by atomic mass is 19.1. The average molecular weight is 770 g/mol. The molecule has 6 aliphatic heterocycles. The molecule has 2 N–H and O–H groups in total. The van der Waals surface area contributed by atoms with Gasteiger partial charge in [-0.05, 0) is 73.9 Å². The molecule has 8 atom stereocenters. The largest absolute Gasteiger partial charge is 0.333 e. The van der Waals surface area contributed by atoms with E-state index in [1.165, 1.54) is 24.3 Å². The zero-order valence-corrected chi connectivity index (χ0v) is 31.7. The number of fused-ring (bicyclic) bond motifs is 4. The lowest BCUT2D eigenvalue weighted by Gasteiger charge is -2.35. The second kappa shape index (κ2) is 16.6. The molecule has 0 unspecified atom stereocenters. The zero-order valence-electron chi connectivity index (χ0n) is 31.7. The summed E-state index contributed by atoms with van der Waals surface area (Å²) < 4.78 is 26.8. The lowest BCUT2D eigenvalue weighted by atomic mass is 10.1. The van der Waals surface area contributed by atoms with Crippen molar-refractivity contribution in [2.45, 2.75) is 101 Å². The molecule has 2 aromatic rings. The topological polar surface area (TPSA) is 161 Å². The second-order valence-electron chi connectivity index (χ2n) is 16.1. The molecule has 6 heterocycles. The molecular weight excluding hydrogens is 721 g/mol. The highest BCUT2D eigenvalue weighted by Gasteiger charge is 2.51. The van der Waals surface area contributed by atoms with Gasteiger partial charge in [0.05, 0.1) is 30.3 Å². The van der Waals surface area contributed by atoms with Crippen LogP contribution in [0.15, 0.2) is 48.5 Å². The number of piperazine rings is 2. The number of likely N-dealkylation sites (tertiary alicyclic amines) is 6. The van der Waals surface area contributed by atoms with Gasteiger partial charge in [-0.25, -0.2) is 8.78 Å². The van der Waals surface area contributed by atoms with Crippen molar-refractivity contribution in [3.63, 3.8) is 0 Å². The number of halogens is 2. The molecule has 0 radical (unpaired) electrons. The Hall–Kier alpha value is -4.96. The molecule has 15 heteroatoms. The minimum absolute atomic E-state index is 0.0101. The van der Waals surface area contributed by atoms with Crippen molar-refractivity contribution in [3.8, 4) is 12.1 Å². The number of nitrogens with two attached hydrogens (primary N) is 1. The van der Waals surface area contributed by atoms with Crippen molar-refractivity contribution in [1.82, 2.24) is 29.4 Å². The van der Waals surface area contributed by atoms with Crippen LogP contribution in [-0.2, 0) is 32.3 Å². The molecule has 6 saturated heterocycles. The third kappa shape index (κ3) is 7.99. The average Bonchev–Trinajstić information content (AvgIpc) is 4.05. The van der Waals surface area contributed by atoms with Crippen LogP contribution in [0.3, 0.4) is 0 Å². The number of carbonyl (C=O) groups is 4. The first kappa shape index (κ1) is 39.3. The molecule has 4 amide bonds. The fourth-order valence-electron chi connectivity index (χ4n) is 9.53. The Morgan fingerprint density at radius 2 is 1.23 bits per heavy atom. The van der Waals surface area contributed by atoms with Gasteiger partial charge in [0.1, 0.15) is 23.7 Å². The monoisotopic (exact) mass is 769 g/mol. The summed E-state index contributed by atoms with van der Waals surface area (Å²) in [5.41, 5.74) is 7.71. The van der Waals surface area contributed by atoms with E-state index in [0.29, 0.717) is 58.7 Å². The van der Waals surface area contributed by atoms with Crippen molar-refractivity contribution in [3.05, 3.63) is 71.3 Å².